The summed E-state index contributed by atoms with van der Waals surface area (Å²) in [6.45, 7) is 2.41. The molecule has 12 atom stereocenters. The van der Waals surface area contributed by atoms with Crippen LogP contribution in [0.2, 0.25) is 0 Å². The molecule has 9 N–H and O–H groups in total. The van der Waals surface area contributed by atoms with Crippen LogP contribution in [0.1, 0.15) is 104 Å². The van der Waals surface area contributed by atoms with Crippen LogP contribution in [-0.4, -0.2) is 140 Å². The van der Waals surface area contributed by atoms with E-state index in [2.05, 4.69) is 42.6 Å². The minimum Gasteiger partial charge on any atom is -0.394 e. The van der Waals surface area contributed by atoms with Crippen molar-refractivity contribution in [1.29, 1.82) is 0 Å². The molecule has 2 aliphatic heterocycles. The summed E-state index contributed by atoms with van der Waals surface area (Å²) in [5.74, 6) is -0.273. The molecular weight excluding hydrogens is 702 g/mol. The maximum atomic E-state index is 13.0. The maximum Gasteiger partial charge on any atom is 0.220 e. The number of aliphatic hydroxyl groups excluding tert-OH is 8. The summed E-state index contributed by atoms with van der Waals surface area (Å²) < 4.78 is 22.5. The van der Waals surface area contributed by atoms with Gasteiger partial charge in [0.2, 0.25) is 5.91 Å². The summed E-state index contributed by atoms with van der Waals surface area (Å²) in [5, 5.41) is 85.9. The van der Waals surface area contributed by atoms with Gasteiger partial charge in [0.25, 0.3) is 0 Å². The molecule has 54 heavy (non-hydrogen) atoms. The zero-order valence-corrected chi connectivity index (χ0v) is 32.2. The fourth-order valence-electron chi connectivity index (χ4n) is 6.19. The van der Waals surface area contributed by atoms with Gasteiger partial charge in [-0.05, 0) is 58.3 Å². The summed E-state index contributed by atoms with van der Waals surface area (Å²) in [5.41, 5.74) is 0. The lowest BCUT2D eigenvalue weighted by Crippen LogP contribution is -2.65. The van der Waals surface area contributed by atoms with Gasteiger partial charge in [-0.1, -0.05) is 87.6 Å². The number of unbranched alkanes of at least 4 members (excludes halogenated alkanes) is 9. The van der Waals surface area contributed by atoms with Crippen LogP contribution in [0.25, 0.3) is 0 Å². The summed E-state index contributed by atoms with van der Waals surface area (Å²) >= 11 is 0. The molecule has 312 valence electrons. The Kier molecular flexibility index (Phi) is 25.3. The van der Waals surface area contributed by atoms with Gasteiger partial charge in [0, 0.05) is 6.42 Å². The van der Waals surface area contributed by atoms with Crippen molar-refractivity contribution < 1.29 is 64.6 Å². The van der Waals surface area contributed by atoms with E-state index < -0.39 is 86.8 Å². The lowest BCUT2D eigenvalue weighted by Gasteiger charge is -2.46. The number of hydrogen-bond donors (Lipinski definition) is 9. The SMILES string of the molecule is C/C=C/CC/C=C/CC/C=C/C(O)C(COC1OC(CO)C(OC2OC(CO)C(O)C(O)C2O)C(O)C1O)NC(=O)CCCCCCC/C=C\CCCC. The first-order valence-electron chi connectivity index (χ1n) is 19.8. The largest absolute Gasteiger partial charge is 0.394 e. The third-order valence-corrected chi connectivity index (χ3v) is 9.56. The first-order valence-corrected chi connectivity index (χ1v) is 19.8. The molecule has 0 bridgehead atoms. The predicted octanol–water partition coefficient (Wildman–Crippen LogP) is 2.20. The highest BCUT2D eigenvalue weighted by Crippen LogP contribution is 2.29. The molecule has 2 aliphatic rings. The van der Waals surface area contributed by atoms with Crippen LogP contribution in [0.4, 0.5) is 0 Å². The third-order valence-electron chi connectivity index (χ3n) is 9.56. The number of ether oxygens (including phenoxy) is 4. The van der Waals surface area contributed by atoms with Gasteiger partial charge in [-0.3, -0.25) is 4.79 Å². The lowest BCUT2D eigenvalue weighted by molar-refractivity contribution is -0.359. The highest BCUT2D eigenvalue weighted by molar-refractivity contribution is 5.76. The van der Waals surface area contributed by atoms with Crippen LogP contribution >= 0.6 is 0 Å². The fourth-order valence-corrected chi connectivity index (χ4v) is 6.19. The maximum absolute atomic E-state index is 13.0. The van der Waals surface area contributed by atoms with E-state index in [9.17, 15) is 45.6 Å². The van der Waals surface area contributed by atoms with E-state index in [0.29, 0.717) is 12.8 Å². The Bertz CT molecular complexity index is 1100. The second-order valence-corrected chi connectivity index (χ2v) is 14.0. The van der Waals surface area contributed by atoms with Gasteiger partial charge < -0.3 is 65.1 Å². The standard InChI is InChI=1S/C40H69NO13/c1-3-5-7-9-11-13-14-16-18-20-22-24-32(45)41-28(29(44)23-21-19-17-15-12-10-8-6-4-2)27-51-39-37(50)35(48)38(31(26-43)53-39)54-40-36(49)34(47)33(46)30(25-42)52-40/h4,6,9,11-12,15,21,23,28-31,33-40,42-44,46-50H,3,5,7-8,10,13-14,16-20,22,24-27H2,1-2H3,(H,41,45)/b6-4+,11-9-,15-12+,23-21+. The molecule has 0 radical (unpaired) electrons. The van der Waals surface area contributed by atoms with Crippen molar-refractivity contribution in [3.8, 4) is 0 Å². The van der Waals surface area contributed by atoms with Crippen molar-refractivity contribution in [2.45, 2.75) is 177 Å². The molecule has 0 aromatic heterocycles. The molecule has 0 saturated carbocycles. The van der Waals surface area contributed by atoms with Gasteiger partial charge in [-0.15, -0.1) is 0 Å². The van der Waals surface area contributed by atoms with Crippen LogP contribution < -0.4 is 5.32 Å². The molecule has 14 heteroatoms. The monoisotopic (exact) mass is 771 g/mol. The predicted molar refractivity (Wildman–Crippen MR) is 203 cm³/mol. The summed E-state index contributed by atoms with van der Waals surface area (Å²) in [7, 11) is 0. The molecule has 2 rings (SSSR count). The molecular formula is C40H69NO13. The van der Waals surface area contributed by atoms with Gasteiger partial charge in [0.15, 0.2) is 12.6 Å². The van der Waals surface area contributed by atoms with Crippen LogP contribution in [0.5, 0.6) is 0 Å². The third kappa shape index (κ3) is 17.4. The summed E-state index contributed by atoms with van der Waals surface area (Å²) in [6, 6.07) is -0.937. The number of nitrogens with one attached hydrogen (secondary N) is 1. The minimum atomic E-state index is -1.79. The lowest BCUT2D eigenvalue weighted by atomic mass is 9.97. The molecule has 14 nitrogen and oxygen atoms in total. The molecule has 12 unspecified atom stereocenters. The fraction of sp³-hybridized carbons (Fsp3) is 0.775. The van der Waals surface area contributed by atoms with Gasteiger partial charge in [0.05, 0.1) is 32.0 Å². The topological polar surface area (TPSA) is 228 Å². The molecule has 0 spiro atoms. The normalized spacial score (nSPS) is 30.6. The molecule has 2 saturated heterocycles. The smallest absolute Gasteiger partial charge is 0.220 e. The molecule has 0 aliphatic carbocycles. The van der Waals surface area contributed by atoms with E-state index in [1.165, 1.54) is 12.8 Å². The number of allylic oxidation sites excluding steroid dienone is 7. The zero-order chi connectivity index (χ0) is 39.7. The Labute approximate surface area is 321 Å². The van der Waals surface area contributed by atoms with Crippen LogP contribution in [0, 0.1) is 0 Å². The quantitative estimate of drug-likeness (QED) is 0.0432. The van der Waals surface area contributed by atoms with Gasteiger partial charge in [0.1, 0.15) is 48.8 Å². The van der Waals surface area contributed by atoms with Crippen molar-refractivity contribution in [1.82, 2.24) is 5.32 Å². The van der Waals surface area contributed by atoms with E-state index in [1.807, 2.05) is 19.1 Å². The Morgan fingerprint density at radius 2 is 1.26 bits per heavy atom. The molecule has 0 aromatic carbocycles. The van der Waals surface area contributed by atoms with Gasteiger partial charge in [-0.2, -0.15) is 0 Å². The number of hydrogen-bond acceptors (Lipinski definition) is 13. The van der Waals surface area contributed by atoms with E-state index in [0.717, 1.165) is 57.8 Å². The number of rotatable bonds is 27. The Morgan fingerprint density at radius 3 is 1.93 bits per heavy atom. The number of aliphatic hydroxyl groups is 8. The Morgan fingerprint density at radius 1 is 0.685 bits per heavy atom. The molecule has 2 fully saturated rings. The van der Waals surface area contributed by atoms with E-state index in [-0.39, 0.29) is 18.9 Å². The number of amides is 1. The van der Waals surface area contributed by atoms with Crippen LogP contribution in [-0.2, 0) is 23.7 Å². The summed E-state index contributed by atoms with van der Waals surface area (Å²) in [4.78, 5) is 13.0. The Balaban J connectivity index is 1.98. The molecule has 1 amide bonds. The van der Waals surface area contributed by atoms with Crippen molar-refractivity contribution in [2.75, 3.05) is 19.8 Å². The number of carbonyl (C=O) groups is 1. The zero-order valence-electron chi connectivity index (χ0n) is 32.2. The van der Waals surface area contributed by atoms with Crippen molar-refractivity contribution in [2.24, 2.45) is 0 Å². The van der Waals surface area contributed by atoms with Crippen molar-refractivity contribution in [3.63, 3.8) is 0 Å². The highest BCUT2D eigenvalue weighted by atomic mass is 16.7. The average molecular weight is 772 g/mol. The first kappa shape index (κ1) is 48.1. The minimum absolute atomic E-state index is 0.257. The number of carbonyl (C=O) groups excluding carboxylic acids is 1. The van der Waals surface area contributed by atoms with Crippen molar-refractivity contribution in [3.05, 3.63) is 48.6 Å². The molecule has 0 aromatic rings. The van der Waals surface area contributed by atoms with Crippen LogP contribution in [0.3, 0.4) is 0 Å². The molecule has 2 heterocycles. The highest BCUT2D eigenvalue weighted by Gasteiger charge is 2.50. The van der Waals surface area contributed by atoms with Gasteiger partial charge in [-0.25, -0.2) is 0 Å². The van der Waals surface area contributed by atoms with E-state index >= 15 is 0 Å². The second kappa shape index (κ2) is 28.4. The van der Waals surface area contributed by atoms with Crippen LogP contribution in [0.15, 0.2) is 48.6 Å². The first-order chi connectivity index (χ1) is 26.1. The van der Waals surface area contributed by atoms with E-state index in [4.69, 9.17) is 18.9 Å². The van der Waals surface area contributed by atoms with Crippen molar-refractivity contribution >= 4 is 5.91 Å². The van der Waals surface area contributed by atoms with Gasteiger partial charge >= 0.3 is 0 Å². The summed E-state index contributed by atoms with van der Waals surface area (Å²) in [6.07, 6.45) is 12.1. The second-order valence-electron chi connectivity index (χ2n) is 14.0. The van der Waals surface area contributed by atoms with E-state index in [1.54, 1.807) is 6.08 Å². The average Bonchev–Trinajstić information content (AvgIpc) is 3.17. The Hall–Kier alpha value is -2.05.